The van der Waals surface area contributed by atoms with Crippen LogP contribution in [-0.2, 0) is 13.6 Å². The third kappa shape index (κ3) is 4.49. The molecule has 0 aliphatic carbocycles. The Morgan fingerprint density at radius 2 is 1.83 bits per heavy atom. The first-order chi connectivity index (χ1) is 14.5. The zero-order valence-corrected chi connectivity index (χ0v) is 18.3. The number of ketones is 1. The molecule has 0 saturated heterocycles. The molecule has 1 N–H and O–H groups in total. The van der Waals surface area contributed by atoms with Crippen LogP contribution in [0.25, 0.3) is 0 Å². The van der Waals surface area contributed by atoms with Crippen LogP contribution in [-0.4, -0.2) is 39.0 Å². The van der Waals surface area contributed by atoms with Gasteiger partial charge in [-0.25, -0.2) is 0 Å². The molecule has 0 saturated carbocycles. The molecule has 2 heterocycles. The highest BCUT2D eigenvalue weighted by Gasteiger charge is 2.17. The van der Waals surface area contributed by atoms with Gasteiger partial charge in [-0.1, -0.05) is 39.8 Å². The summed E-state index contributed by atoms with van der Waals surface area (Å²) in [5, 5.41) is 11.7. The van der Waals surface area contributed by atoms with E-state index in [0.29, 0.717) is 33.6 Å². The number of hydrogen-bond acceptors (Lipinski definition) is 7. The number of carbonyl (C=O) groups excluding carboxylic acids is 2. The number of fused-ring (bicyclic) bond motifs is 1. The quantitative estimate of drug-likeness (QED) is 0.402. The van der Waals surface area contributed by atoms with Gasteiger partial charge in [0.05, 0.1) is 12.3 Å². The second-order valence-corrected chi connectivity index (χ2v) is 8.29. The number of aromatic nitrogens is 3. The minimum Gasteiger partial charge on any atom is -0.454 e. The summed E-state index contributed by atoms with van der Waals surface area (Å²) in [7, 11) is 1.80. The molecule has 8 nitrogen and oxygen atoms in total. The molecule has 0 radical (unpaired) electrons. The fraction of sp³-hybridized carbons (Fsp3) is 0.200. The first-order valence-electron chi connectivity index (χ1n) is 8.99. The van der Waals surface area contributed by atoms with E-state index in [9.17, 15) is 9.59 Å². The van der Waals surface area contributed by atoms with Crippen molar-refractivity contribution < 1.29 is 19.1 Å². The lowest BCUT2D eigenvalue weighted by atomic mass is 10.2. The van der Waals surface area contributed by atoms with Crippen molar-refractivity contribution in [2.75, 3.05) is 12.5 Å². The Morgan fingerprint density at radius 3 is 2.63 bits per heavy atom. The van der Waals surface area contributed by atoms with E-state index < -0.39 is 0 Å². The number of amides is 1. The van der Waals surface area contributed by atoms with Gasteiger partial charge < -0.3 is 19.4 Å². The molecule has 1 amide bonds. The van der Waals surface area contributed by atoms with E-state index in [0.717, 1.165) is 4.47 Å². The van der Waals surface area contributed by atoms with Gasteiger partial charge in [0.15, 0.2) is 28.3 Å². The number of Topliss-reactive ketones (excluding diaryl/α,β-unsaturated/α-hetero) is 1. The normalized spacial score (nSPS) is 12.1. The number of halogens is 1. The van der Waals surface area contributed by atoms with Gasteiger partial charge in [0.25, 0.3) is 5.91 Å². The predicted octanol–water partition coefficient (Wildman–Crippen LogP) is 3.21. The maximum Gasteiger partial charge on any atom is 0.251 e. The van der Waals surface area contributed by atoms with Crippen LogP contribution in [0, 0.1) is 0 Å². The standard InChI is InChI=1S/C20H17BrN4O4S/c1-25-18(9-22-19(27)13-4-7-16-17(8-13)29-11-28-16)23-24-20(25)30-10-15(26)12-2-5-14(21)6-3-12/h2-8H,9-11H2,1H3,(H,22,27). The molecule has 30 heavy (non-hydrogen) atoms. The maximum absolute atomic E-state index is 12.4. The highest BCUT2D eigenvalue weighted by Crippen LogP contribution is 2.32. The average molecular weight is 489 g/mol. The minimum absolute atomic E-state index is 0.00756. The third-order valence-electron chi connectivity index (χ3n) is 4.47. The summed E-state index contributed by atoms with van der Waals surface area (Å²) in [4.78, 5) is 24.7. The number of benzene rings is 2. The van der Waals surface area contributed by atoms with E-state index in [1.165, 1.54) is 11.8 Å². The summed E-state index contributed by atoms with van der Waals surface area (Å²) in [6.07, 6.45) is 0. The average Bonchev–Trinajstić information content (AvgIpc) is 3.36. The van der Waals surface area contributed by atoms with Crippen molar-refractivity contribution in [3.63, 3.8) is 0 Å². The summed E-state index contributed by atoms with van der Waals surface area (Å²) in [5.74, 6) is 1.76. The first kappa shape index (κ1) is 20.4. The molecule has 154 valence electrons. The van der Waals surface area contributed by atoms with E-state index >= 15 is 0 Å². The zero-order valence-electron chi connectivity index (χ0n) is 15.9. The molecule has 3 aromatic rings. The Bertz CT molecular complexity index is 1100. The van der Waals surface area contributed by atoms with E-state index in [-0.39, 0.29) is 30.8 Å². The van der Waals surface area contributed by atoms with Gasteiger partial charge in [-0.3, -0.25) is 9.59 Å². The van der Waals surface area contributed by atoms with Gasteiger partial charge in [-0.15, -0.1) is 10.2 Å². The SMILES string of the molecule is Cn1c(CNC(=O)c2ccc3c(c2)OCO3)nnc1SCC(=O)c1ccc(Br)cc1. The number of hydrogen-bond donors (Lipinski definition) is 1. The Morgan fingerprint density at radius 1 is 1.10 bits per heavy atom. The molecule has 4 rings (SSSR count). The minimum atomic E-state index is -0.254. The van der Waals surface area contributed by atoms with Crippen molar-refractivity contribution in [2.45, 2.75) is 11.7 Å². The molecule has 0 fully saturated rings. The molecule has 10 heteroatoms. The fourth-order valence-electron chi connectivity index (χ4n) is 2.77. The molecule has 2 aromatic carbocycles. The van der Waals surface area contributed by atoms with E-state index in [4.69, 9.17) is 9.47 Å². The smallest absolute Gasteiger partial charge is 0.251 e. The second-order valence-electron chi connectivity index (χ2n) is 6.43. The summed E-state index contributed by atoms with van der Waals surface area (Å²) < 4.78 is 13.2. The van der Waals surface area contributed by atoms with E-state index in [1.54, 1.807) is 41.9 Å². The van der Waals surface area contributed by atoms with Crippen LogP contribution in [0.4, 0.5) is 0 Å². The van der Waals surface area contributed by atoms with Gasteiger partial charge in [0.1, 0.15) is 0 Å². The van der Waals surface area contributed by atoms with Crippen molar-refractivity contribution in [3.8, 4) is 11.5 Å². The molecule has 0 atom stereocenters. The molecule has 1 aliphatic rings. The number of carbonyl (C=O) groups is 2. The van der Waals surface area contributed by atoms with Crippen molar-refractivity contribution >= 4 is 39.4 Å². The van der Waals surface area contributed by atoms with E-state index in [1.807, 2.05) is 12.1 Å². The number of ether oxygens (including phenoxy) is 2. The molecule has 0 bridgehead atoms. The largest absolute Gasteiger partial charge is 0.454 e. The monoisotopic (exact) mass is 488 g/mol. The number of nitrogens with zero attached hydrogens (tertiary/aromatic N) is 3. The summed E-state index contributed by atoms with van der Waals surface area (Å²) in [5.41, 5.74) is 1.11. The Labute approximate surface area is 185 Å². The van der Waals surface area contributed by atoms with Crippen LogP contribution in [0.2, 0.25) is 0 Å². The lowest BCUT2D eigenvalue weighted by Crippen LogP contribution is -2.24. The highest BCUT2D eigenvalue weighted by atomic mass is 79.9. The van der Waals surface area contributed by atoms with Crippen molar-refractivity contribution in [3.05, 3.63) is 63.9 Å². The number of thioether (sulfide) groups is 1. The van der Waals surface area contributed by atoms with E-state index in [2.05, 4.69) is 31.4 Å². The van der Waals surface area contributed by atoms with Crippen LogP contribution in [0.15, 0.2) is 52.1 Å². The summed E-state index contributed by atoms with van der Waals surface area (Å²) in [6, 6.07) is 12.2. The van der Waals surface area contributed by atoms with Crippen molar-refractivity contribution in [1.29, 1.82) is 0 Å². The fourth-order valence-corrected chi connectivity index (χ4v) is 3.86. The lowest BCUT2D eigenvalue weighted by Gasteiger charge is -2.07. The molecular weight excluding hydrogens is 472 g/mol. The Balaban J connectivity index is 1.33. The second kappa shape index (κ2) is 8.88. The molecule has 1 aromatic heterocycles. The van der Waals surface area contributed by atoms with Crippen molar-refractivity contribution in [1.82, 2.24) is 20.1 Å². The first-order valence-corrected chi connectivity index (χ1v) is 10.8. The van der Waals surface area contributed by atoms with Crippen LogP contribution in [0.1, 0.15) is 26.5 Å². The lowest BCUT2D eigenvalue weighted by molar-refractivity contribution is 0.0948. The summed E-state index contributed by atoms with van der Waals surface area (Å²) >= 11 is 4.66. The van der Waals surface area contributed by atoms with Crippen LogP contribution in [0.3, 0.4) is 0 Å². The van der Waals surface area contributed by atoms with Gasteiger partial charge >= 0.3 is 0 Å². The molecule has 0 unspecified atom stereocenters. The highest BCUT2D eigenvalue weighted by molar-refractivity contribution is 9.10. The number of rotatable bonds is 7. The Kier molecular flexibility index (Phi) is 6.05. The predicted molar refractivity (Wildman–Crippen MR) is 114 cm³/mol. The van der Waals surface area contributed by atoms with Gasteiger partial charge in [0, 0.05) is 22.6 Å². The van der Waals surface area contributed by atoms with Crippen LogP contribution in [0.5, 0.6) is 11.5 Å². The third-order valence-corrected chi connectivity index (χ3v) is 6.01. The maximum atomic E-state index is 12.4. The zero-order chi connectivity index (χ0) is 21.1. The Hall–Kier alpha value is -2.85. The van der Waals surface area contributed by atoms with Crippen molar-refractivity contribution in [2.24, 2.45) is 7.05 Å². The molecular formula is C20H17BrN4O4S. The topological polar surface area (TPSA) is 95.3 Å². The van der Waals surface area contributed by atoms with Gasteiger partial charge in [-0.05, 0) is 30.3 Å². The van der Waals surface area contributed by atoms with Gasteiger partial charge in [0.2, 0.25) is 6.79 Å². The van der Waals surface area contributed by atoms with Gasteiger partial charge in [-0.2, -0.15) is 0 Å². The molecule has 0 spiro atoms. The summed E-state index contributed by atoms with van der Waals surface area (Å²) in [6.45, 7) is 0.363. The number of nitrogens with one attached hydrogen (secondary N) is 1. The van der Waals surface area contributed by atoms with Crippen LogP contribution < -0.4 is 14.8 Å². The van der Waals surface area contributed by atoms with Crippen LogP contribution >= 0.6 is 27.7 Å². The molecule has 1 aliphatic heterocycles.